The van der Waals surface area contributed by atoms with E-state index in [0.717, 1.165) is 50.6 Å². The molecule has 3 fully saturated rings. The topological polar surface area (TPSA) is 37.0 Å². The number of hydrogen-bond donors (Lipinski definition) is 1. The molecule has 1 aliphatic carbocycles. The summed E-state index contributed by atoms with van der Waals surface area (Å²) in [6, 6.07) is 5.53. The number of morpholine rings is 1. The third-order valence-electron chi connectivity index (χ3n) is 4.74. The van der Waals surface area contributed by atoms with E-state index in [-0.39, 0.29) is 11.9 Å². The number of nitrogens with zero attached hydrogens (tertiary/aromatic N) is 2. The van der Waals surface area contributed by atoms with Gasteiger partial charge in [-0.25, -0.2) is 4.39 Å². The number of ether oxygens (including phenoxy) is 2. The zero-order valence-electron chi connectivity index (χ0n) is 14.1. The summed E-state index contributed by atoms with van der Waals surface area (Å²) in [6.45, 7) is 4.34. The molecule has 4 rings (SSSR count). The molecule has 2 saturated heterocycles. The summed E-state index contributed by atoms with van der Waals surface area (Å²) in [5, 5.41) is 3.16. The van der Waals surface area contributed by atoms with E-state index in [1.807, 2.05) is 24.1 Å². The Labute approximate surface area is 142 Å². The Balaban J connectivity index is 1.57. The van der Waals surface area contributed by atoms with E-state index in [1.165, 1.54) is 5.57 Å². The van der Waals surface area contributed by atoms with E-state index in [0.29, 0.717) is 18.9 Å². The number of nitrogens with one attached hydrogen (secondary N) is 1. The average molecular weight is 333 g/mol. The molecule has 1 N–H and O–H groups in total. The largest absolute Gasteiger partial charge is 0.472 e. The van der Waals surface area contributed by atoms with Crippen molar-refractivity contribution in [1.82, 2.24) is 5.32 Å². The minimum atomic E-state index is -0.174. The summed E-state index contributed by atoms with van der Waals surface area (Å²) in [4.78, 5) is 4.17. The van der Waals surface area contributed by atoms with E-state index >= 15 is 0 Å². The Morgan fingerprint density at radius 1 is 1.25 bits per heavy atom. The van der Waals surface area contributed by atoms with Crippen molar-refractivity contribution in [2.45, 2.75) is 18.9 Å². The third kappa shape index (κ3) is 3.08. The quantitative estimate of drug-likeness (QED) is 0.913. The lowest BCUT2D eigenvalue weighted by Gasteiger charge is -2.29. The lowest BCUT2D eigenvalue weighted by atomic mass is 10.2. The van der Waals surface area contributed by atoms with Crippen LogP contribution in [0.2, 0.25) is 0 Å². The van der Waals surface area contributed by atoms with E-state index in [1.54, 1.807) is 6.07 Å². The predicted molar refractivity (Wildman–Crippen MR) is 91.8 cm³/mol. The van der Waals surface area contributed by atoms with Crippen LogP contribution in [0.25, 0.3) is 0 Å². The fraction of sp³-hybridized carbons (Fsp3) is 0.556. The molecule has 1 atom stereocenters. The first-order chi connectivity index (χ1) is 11.8. The molecule has 24 heavy (non-hydrogen) atoms. The zero-order valence-corrected chi connectivity index (χ0v) is 14.1. The highest BCUT2D eigenvalue weighted by Gasteiger charge is 2.34. The monoisotopic (exact) mass is 333 g/mol. The van der Waals surface area contributed by atoms with Crippen LogP contribution in [0.15, 0.2) is 29.7 Å². The van der Waals surface area contributed by atoms with Gasteiger partial charge in [-0.3, -0.25) is 0 Å². The second kappa shape index (κ2) is 6.61. The first kappa shape index (κ1) is 15.7. The summed E-state index contributed by atoms with van der Waals surface area (Å²) < 4.78 is 26.1. The molecular formula is C18H24FN3O2. The maximum absolute atomic E-state index is 14.7. The summed E-state index contributed by atoms with van der Waals surface area (Å²) in [6.07, 6.45) is 2.29. The molecule has 0 amide bonds. The Bertz CT molecular complexity index is 637. The smallest absolute Gasteiger partial charge is 0.193 e. The molecule has 1 saturated carbocycles. The first-order valence-corrected chi connectivity index (χ1v) is 8.69. The molecule has 1 unspecified atom stereocenters. The molecule has 0 spiro atoms. The number of rotatable bonds is 4. The van der Waals surface area contributed by atoms with Gasteiger partial charge < -0.3 is 24.6 Å². The van der Waals surface area contributed by atoms with Crippen LogP contribution in [0.4, 0.5) is 15.8 Å². The molecule has 2 heterocycles. The maximum Gasteiger partial charge on any atom is 0.193 e. The highest BCUT2D eigenvalue weighted by Crippen LogP contribution is 2.39. The molecular weight excluding hydrogens is 309 g/mol. The van der Waals surface area contributed by atoms with Crippen molar-refractivity contribution in [3.63, 3.8) is 0 Å². The highest BCUT2D eigenvalue weighted by atomic mass is 19.1. The van der Waals surface area contributed by atoms with Gasteiger partial charge in [0.05, 0.1) is 25.4 Å². The fourth-order valence-corrected chi connectivity index (χ4v) is 3.38. The summed E-state index contributed by atoms with van der Waals surface area (Å²) >= 11 is 0. The number of halogens is 1. The van der Waals surface area contributed by atoms with Gasteiger partial charge in [0.25, 0.3) is 0 Å². The van der Waals surface area contributed by atoms with Gasteiger partial charge in [-0.2, -0.15) is 0 Å². The van der Waals surface area contributed by atoms with Gasteiger partial charge in [0.15, 0.2) is 5.88 Å². The van der Waals surface area contributed by atoms with Crippen molar-refractivity contribution < 1.29 is 13.9 Å². The number of benzene rings is 1. The predicted octanol–water partition coefficient (Wildman–Crippen LogP) is 2.09. The van der Waals surface area contributed by atoms with Crippen LogP contribution < -0.4 is 15.1 Å². The number of likely N-dealkylation sites (N-methyl/N-ethyl adjacent to an activating group) is 1. The van der Waals surface area contributed by atoms with Gasteiger partial charge in [-0.1, -0.05) is 0 Å². The molecule has 130 valence electrons. The third-order valence-corrected chi connectivity index (χ3v) is 4.74. The lowest BCUT2D eigenvalue weighted by Crippen LogP contribution is -2.36. The first-order valence-electron chi connectivity index (χ1n) is 8.69. The van der Waals surface area contributed by atoms with Crippen molar-refractivity contribution in [2.24, 2.45) is 0 Å². The van der Waals surface area contributed by atoms with Crippen molar-refractivity contribution >= 4 is 11.4 Å². The van der Waals surface area contributed by atoms with E-state index in [4.69, 9.17) is 9.47 Å². The van der Waals surface area contributed by atoms with Gasteiger partial charge in [0.2, 0.25) is 0 Å². The van der Waals surface area contributed by atoms with Gasteiger partial charge >= 0.3 is 0 Å². The molecule has 0 bridgehead atoms. The standard InChI is InChI=1S/C18H24FN3O2/c1-20-11-15-12-22(18(24-15)13-2-3-13)14-4-5-17(16(19)10-14)21-6-8-23-9-7-21/h4-5,10,15,20H,2-3,6-9,11-12H2,1H3. The van der Waals surface area contributed by atoms with Crippen molar-refractivity contribution in [1.29, 1.82) is 0 Å². The molecule has 2 aliphatic heterocycles. The summed E-state index contributed by atoms with van der Waals surface area (Å²) in [5.41, 5.74) is 2.87. The minimum absolute atomic E-state index is 0.111. The van der Waals surface area contributed by atoms with Crippen LogP contribution in [-0.4, -0.2) is 52.5 Å². The van der Waals surface area contributed by atoms with Crippen LogP contribution in [0.1, 0.15) is 12.8 Å². The highest BCUT2D eigenvalue weighted by molar-refractivity contribution is 5.61. The number of anilines is 2. The Morgan fingerprint density at radius 3 is 2.71 bits per heavy atom. The van der Waals surface area contributed by atoms with Crippen LogP contribution >= 0.6 is 0 Å². The van der Waals surface area contributed by atoms with Gasteiger partial charge in [-0.05, 0) is 43.7 Å². The molecule has 1 aromatic rings. The lowest BCUT2D eigenvalue weighted by molar-refractivity contribution is 0.122. The zero-order chi connectivity index (χ0) is 16.5. The van der Waals surface area contributed by atoms with Crippen LogP contribution in [0.5, 0.6) is 0 Å². The maximum atomic E-state index is 14.7. The fourth-order valence-electron chi connectivity index (χ4n) is 3.38. The number of allylic oxidation sites excluding steroid dienone is 1. The van der Waals surface area contributed by atoms with Crippen LogP contribution in [-0.2, 0) is 9.47 Å². The molecule has 0 radical (unpaired) electrons. The van der Waals surface area contributed by atoms with Crippen LogP contribution in [0.3, 0.4) is 0 Å². The summed E-state index contributed by atoms with van der Waals surface area (Å²) in [7, 11) is 1.92. The second-order valence-electron chi connectivity index (χ2n) is 6.55. The van der Waals surface area contributed by atoms with E-state index < -0.39 is 0 Å². The molecule has 5 nitrogen and oxygen atoms in total. The summed E-state index contributed by atoms with van der Waals surface area (Å²) in [5.74, 6) is 0.764. The van der Waals surface area contributed by atoms with E-state index in [2.05, 4.69) is 10.2 Å². The average Bonchev–Trinajstić information content (AvgIpc) is 3.36. The van der Waals surface area contributed by atoms with Crippen molar-refractivity contribution in [3.05, 3.63) is 35.5 Å². The van der Waals surface area contributed by atoms with E-state index in [9.17, 15) is 4.39 Å². The van der Waals surface area contributed by atoms with Gasteiger partial charge in [0.1, 0.15) is 11.9 Å². The Kier molecular flexibility index (Phi) is 4.33. The van der Waals surface area contributed by atoms with Gasteiger partial charge in [-0.15, -0.1) is 0 Å². The Morgan fingerprint density at radius 2 is 2.04 bits per heavy atom. The molecule has 6 heteroatoms. The van der Waals surface area contributed by atoms with Crippen molar-refractivity contribution in [3.8, 4) is 0 Å². The number of hydrogen-bond acceptors (Lipinski definition) is 5. The normalized spacial score (nSPS) is 23.7. The second-order valence-corrected chi connectivity index (χ2v) is 6.55. The molecule has 0 aromatic heterocycles. The minimum Gasteiger partial charge on any atom is -0.472 e. The molecule has 3 aliphatic rings. The van der Waals surface area contributed by atoms with Crippen LogP contribution in [0, 0.1) is 5.82 Å². The van der Waals surface area contributed by atoms with Gasteiger partial charge in [0, 0.05) is 25.3 Å². The van der Waals surface area contributed by atoms with Crippen molar-refractivity contribution in [2.75, 3.05) is 56.2 Å². The SMILES string of the molecule is CNCC1CN(c2ccc(N3CCOCC3)c(F)c2)C(=C2CC2)O1. The molecule has 1 aromatic carbocycles. The Hall–Kier alpha value is -1.79.